The van der Waals surface area contributed by atoms with Gasteiger partial charge in [0.2, 0.25) is 0 Å². The number of fused-ring (bicyclic) bond motifs is 1. The highest BCUT2D eigenvalue weighted by Gasteiger charge is 2.05. The molecule has 3 heteroatoms. The molecule has 0 saturated heterocycles. The number of ether oxygens (including phenoxy) is 1. The van der Waals surface area contributed by atoms with Crippen LogP contribution in [-0.2, 0) is 6.61 Å². The van der Waals surface area contributed by atoms with E-state index in [2.05, 4.69) is 36.4 Å². The van der Waals surface area contributed by atoms with Gasteiger partial charge in [-0.2, -0.15) is 10.5 Å². The third kappa shape index (κ3) is 4.22. The molecule has 0 fully saturated rings. The summed E-state index contributed by atoms with van der Waals surface area (Å²) in [6, 6.07) is 33.5. The van der Waals surface area contributed by atoms with Gasteiger partial charge in [-0.3, -0.25) is 0 Å². The fraction of sp³-hybridized carbons (Fsp3) is 0.0370. The molecule has 30 heavy (non-hydrogen) atoms. The van der Waals surface area contributed by atoms with Crippen molar-refractivity contribution in [2.24, 2.45) is 0 Å². The maximum absolute atomic E-state index is 9.59. The number of allylic oxidation sites excluding steroid dienone is 1. The van der Waals surface area contributed by atoms with E-state index in [1.807, 2.05) is 48.5 Å². The van der Waals surface area contributed by atoms with Gasteiger partial charge in [0, 0.05) is 0 Å². The van der Waals surface area contributed by atoms with Crippen LogP contribution in [0.1, 0.15) is 22.3 Å². The first kappa shape index (κ1) is 19.0. The van der Waals surface area contributed by atoms with Crippen molar-refractivity contribution in [3.63, 3.8) is 0 Å². The van der Waals surface area contributed by atoms with Gasteiger partial charge in [-0.15, -0.1) is 0 Å². The molecule has 0 aliphatic carbocycles. The van der Waals surface area contributed by atoms with Gasteiger partial charge >= 0.3 is 0 Å². The Morgan fingerprint density at radius 1 is 0.833 bits per heavy atom. The maximum atomic E-state index is 9.59. The third-order valence-corrected chi connectivity index (χ3v) is 4.87. The Morgan fingerprint density at radius 3 is 2.50 bits per heavy atom. The van der Waals surface area contributed by atoms with Crippen LogP contribution in [0.2, 0.25) is 0 Å². The second-order valence-corrected chi connectivity index (χ2v) is 6.86. The van der Waals surface area contributed by atoms with Crippen LogP contribution >= 0.6 is 0 Å². The molecule has 0 heterocycles. The molecule has 0 bridgehead atoms. The standard InChI is InChI=1S/C27H18N2O/c28-17-21-7-3-10-23(15-21)25(18-29)14-20-6-4-12-26(16-20)30-19-24-11-5-9-22-8-1-2-13-27(22)24/h1-16H,19H2. The topological polar surface area (TPSA) is 56.8 Å². The molecule has 0 atom stereocenters. The fourth-order valence-corrected chi connectivity index (χ4v) is 3.38. The Kier molecular flexibility index (Phi) is 5.56. The van der Waals surface area contributed by atoms with Gasteiger partial charge < -0.3 is 4.74 Å². The molecule has 4 aromatic carbocycles. The summed E-state index contributed by atoms with van der Waals surface area (Å²) in [6.07, 6.45) is 1.81. The van der Waals surface area contributed by atoms with Crippen molar-refractivity contribution in [2.45, 2.75) is 6.61 Å². The van der Waals surface area contributed by atoms with Crippen molar-refractivity contribution in [2.75, 3.05) is 0 Å². The number of nitrogens with zero attached hydrogens (tertiary/aromatic N) is 2. The molecule has 0 saturated carbocycles. The third-order valence-electron chi connectivity index (χ3n) is 4.87. The number of nitriles is 2. The normalized spacial score (nSPS) is 10.9. The summed E-state index contributed by atoms with van der Waals surface area (Å²) in [5.41, 5.74) is 3.74. The van der Waals surface area contributed by atoms with Crippen LogP contribution in [0.4, 0.5) is 0 Å². The highest BCUT2D eigenvalue weighted by atomic mass is 16.5. The van der Waals surface area contributed by atoms with Crippen LogP contribution in [0.3, 0.4) is 0 Å². The SMILES string of the molecule is N#CC(=Cc1cccc(OCc2cccc3ccccc23)c1)c1cccc(C#N)c1. The van der Waals surface area contributed by atoms with E-state index >= 15 is 0 Å². The minimum Gasteiger partial charge on any atom is -0.489 e. The van der Waals surface area contributed by atoms with E-state index in [4.69, 9.17) is 10.00 Å². The Morgan fingerprint density at radius 2 is 1.63 bits per heavy atom. The van der Waals surface area contributed by atoms with Gasteiger partial charge in [-0.05, 0) is 57.8 Å². The van der Waals surface area contributed by atoms with Crippen molar-refractivity contribution in [1.29, 1.82) is 10.5 Å². The second kappa shape index (κ2) is 8.78. The Balaban J connectivity index is 1.57. The van der Waals surface area contributed by atoms with Gasteiger partial charge in [0.05, 0.1) is 23.3 Å². The summed E-state index contributed by atoms with van der Waals surface area (Å²) in [6.45, 7) is 0.462. The largest absolute Gasteiger partial charge is 0.489 e. The second-order valence-electron chi connectivity index (χ2n) is 6.86. The maximum Gasteiger partial charge on any atom is 0.120 e. The Bertz CT molecular complexity index is 1320. The number of benzene rings is 4. The molecule has 142 valence electrons. The molecule has 3 nitrogen and oxygen atoms in total. The molecule has 0 aromatic heterocycles. The molecule has 0 radical (unpaired) electrons. The van der Waals surface area contributed by atoms with Gasteiger partial charge in [0.1, 0.15) is 12.4 Å². The van der Waals surface area contributed by atoms with Crippen LogP contribution < -0.4 is 4.74 Å². The fourth-order valence-electron chi connectivity index (χ4n) is 3.38. The first-order valence-corrected chi connectivity index (χ1v) is 9.59. The van der Waals surface area contributed by atoms with Crippen LogP contribution in [0.15, 0.2) is 91.0 Å². The van der Waals surface area contributed by atoms with E-state index < -0.39 is 0 Å². The average Bonchev–Trinajstić information content (AvgIpc) is 2.81. The molecule has 0 aliphatic heterocycles. The van der Waals surface area contributed by atoms with Crippen LogP contribution in [0, 0.1) is 22.7 Å². The summed E-state index contributed by atoms with van der Waals surface area (Å²) >= 11 is 0. The zero-order valence-corrected chi connectivity index (χ0v) is 16.2. The van der Waals surface area contributed by atoms with Crippen LogP contribution in [-0.4, -0.2) is 0 Å². The first-order chi connectivity index (χ1) is 14.8. The minimum atomic E-state index is 0.462. The van der Waals surface area contributed by atoms with Gasteiger partial charge in [-0.1, -0.05) is 66.7 Å². The van der Waals surface area contributed by atoms with Crippen LogP contribution in [0.25, 0.3) is 22.4 Å². The van der Waals surface area contributed by atoms with E-state index in [1.165, 1.54) is 10.8 Å². The van der Waals surface area contributed by atoms with Crippen molar-refractivity contribution in [3.05, 3.63) is 113 Å². The molecule has 0 spiro atoms. The van der Waals surface area contributed by atoms with Gasteiger partial charge in [0.15, 0.2) is 0 Å². The summed E-state index contributed by atoms with van der Waals surface area (Å²) in [5.74, 6) is 0.736. The summed E-state index contributed by atoms with van der Waals surface area (Å²) in [4.78, 5) is 0. The summed E-state index contributed by atoms with van der Waals surface area (Å²) in [7, 11) is 0. The van der Waals surface area contributed by atoms with Crippen LogP contribution in [0.5, 0.6) is 5.75 Å². The van der Waals surface area contributed by atoms with Crippen molar-refractivity contribution in [3.8, 4) is 17.9 Å². The molecule has 0 N–H and O–H groups in total. The monoisotopic (exact) mass is 386 g/mol. The van der Waals surface area contributed by atoms with Crippen molar-refractivity contribution >= 4 is 22.4 Å². The molecule has 4 aromatic rings. The first-order valence-electron chi connectivity index (χ1n) is 9.59. The lowest BCUT2D eigenvalue weighted by atomic mass is 10.0. The highest BCUT2D eigenvalue weighted by molar-refractivity contribution is 5.90. The van der Waals surface area contributed by atoms with Gasteiger partial charge in [-0.25, -0.2) is 0 Å². The molecule has 4 rings (SSSR count). The lowest BCUT2D eigenvalue weighted by Crippen LogP contribution is -1.96. The number of hydrogen-bond donors (Lipinski definition) is 0. The number of rotatable bonds is 5. The quantitative estimate of drug-likeness (QED) is 0.296. The average molecular weight is 386 g/mol. The lowest BCUT2D eigenvalue weighted by molar-refractivity contribution is 0.307. The molecular weight excluding hydrogens is 368 g/mol. The van der Waals surface area contributed by atoms with E-state index in [0.29, 0.717) is 17.7 Å². The molecule has 0 amide bonds. The predicted molar refractivity (Wildman–Crippen MR) is 119 cm³/mol. The highest BCUT2D eigenvalue weighted by Crippen LogP contribution is 2.24. The summed E-state index contributed by atoms with van der Waals surface area (Å²) < 4.78 is 6.04. The molecule has 0 aliphatic rings. The van der Waals surface area contributed by atoms with Gasteiger partial charge in [0.25, 0.3) is 0 Å². The van der Waals surface area contributed by atoms with E-state index in [1.54, 1.807) is 24.3 Å². The lowest BCUT2D eigenvalue weighted by Gasteiger charge is -2.10. The molecular formula is C27H18N2O. The van der Waals surface area contributed by atoms with E-state index in [0.717, 1.165) is 22.4 Å². The van der Waals surface area contributed by atoms with Crippen molar-refractivity contribution in [1.82, 2.24) is 0 Å². The predicted octanol–water partition coefficient (Wildman–Crippen LogP) is 6.35. The zero-order chi connectivity index (χ0) is 20.8. The van der Waals surface area contributed by atoms with Crippen molar-refractivity contribution < 1.29 is 4.74 Å². The smallest absolute Gasteiger partial charge is 0.120 e. The zero-order valence-electron chi connectivity index (χ0n) is 16.2. The van der Waals surface area contributed by atoms with E-state index in [-0.39, 0.29) is 0 Å². The number of hydrogen-bond acceptors (Lipinski definition) is 3. The summed E-state index contributed by atoms with van der Waals surface area (Å²) in [5, 5.41) is 21.1. The Hall–Kier alpha value is -4.34. The Labute approximate surface area is 175 Å². The minimum absolute atomic E-state index is 0.462. The molecule has 0 unspecified atom stereocenters. The van der Waals surface area contributed by atoms with E-state index in [9.17, 15) is 5.26 Å².